The maximum absolute atomic E-state index is 9.46. The summed E-state index contributed by atoms with van der Waals surface area (Å²) >= 11 is 0. The van der Waals surface area contributed by atoms with E-state index >= 15 is 0 Å². The minimum absolute atomic E-state index is 0. The number of aryl methyl sites for hydroxylation is 1. The van der Waals surface area contributed by atoms with E-state index in [1.807, 2.05) is 0 Å². The molecule has 15 heavy (non-hydrogen) atoms. The lowest BCUT2D eigenvalue weighted by Crippen LogP contribution is -2.04. The molecule has 0 saturated heterocycles. The highest BCUT2D eigenvalue weighted by atomic mass is 35.5. The average Bonchev–Trinajstić information content (AvgIpc) is 2.09. The van der Waals surface area contributed by atoms with E-state index in [-0.39, 0.29) is 49.2 Å². The molecular weight excluding hydrogens is 243 g/mol. The van der Waals surface area contributed by atoms with E-state index < -0.39 is 0 Å². The van der Waals surface area contributed by atoms with Crippen molar-refractivity contribution < 1.29 is 15.7 Å². The third-order valence-electron chi connectivity index (χ3n) is 1.80. The van der Waals surface area contributed by atoms with E-state index in [0.29, 0.717) is 16.8 Å². The Kier molecular flexibility index (Phi) is 11.5. The summed E-state index contributed by atoms with van der Waals surface area (Å²) in [5, 5.41) is 18.3. The summed E-state index contributed by atoms with van der Waals surface area (Å²) < 4.78 is 0. The molecule has 0 bridgehead atoms. The van der Waals surface area contributed by atoms with Crippen LogP contribution in [0.5, 0.6) is 5.75 Å². The van der Waals surface area contributed by atoms with E-state index in [4.69, 9.17) is 10.8 Å². The predicted octanol–water partition coefficient (Wildman–Crippen LogP) is 0.0655. The summed E-state index contributed by atoms with van der Waals surface area (Å²) in [7, 11) is 0. The van der Waals surface area contributed by atoms with Crippen LogP contribution in [0, 0.1) is 6.92 Å². The summed E-state index contributed by atoms with van der Waals surface area (Å²) in [4.78, 5) is 3.89. The van der Waals surface area contributed by atoms with Gasteiger partial charge in [0, 0.05) is 23.9 Å². The van der Waals surface area contributed by atoms with Crippen LogP contribution in [0.2, 0.25) is 0 Å². The van der Waals surface area contributed by atoms with Crippen LogP contribution in [0.25, 0.3) is 0 Å². The van der Waals surface area contributed by atoms with Crippen LogP contribution in [0.3, 0.4) is 0 Å². The Morgan fingerprint density at radius 1 is 1.40 bits per heavy atom. The Morgan fingerprint density at radius 2 is 1.93 bits per heavy atom. The van der Waals surface area contributed by atoms with Crippen molar-refractivity contribution in [1.29, 1.82) is 0 Å². The fourth-order valence-corrected chi connectivity index (χ4v) is 1.05. The van der Waals surface area contributed by atoms with Crippen LogP contribution >= 0.6 is 24.8 Å². The van der Waals surface area contributed by atoms with Gasteiger partial charge in [-0.15, -0.1) is 24.8 Å². The second-order valence-electron chi connectivity index (χ2n) is 2.56. The number of pyridine rings is 1. The summed E-state index contributed by atoms with van der Waals surface area (Å²) in [6.45, 7) is 1.76. The Labute approximate surface area is 100 Å². The van der Waals surface area contributed by atoms with Gasteiger partial charge < -0.3 is 21.4 Å². The lowest BCUT2D eigenvalue weighted by Gasteiger charge is -2.08. The third-order valence-corrected chi connectivity index (χ3v) is 1.80. The molecule has 0 aliphatic rings. The number of aromatic hydroxyl groups is 1. The average molecular weight is 259 g/mol. The molecule has 90 valence electrons. The van der Waals surface area contributed by atoms with Crippen molar-refractivity contribution in [3.05, 3.63) is 23.0 Å². The molecule has 1 aromatic heterocycles. The zero-order valence-electron chi connectivity index (χ0n) is 8.23. The molecule has 0 aromatic carbocycles. The SMILES string of the molecule is Cc1ncc(CO)c(CN)c1O.Cl.Cl.O. The van der Waals surface area contributed by atoms with Crippen molar-refractivity contribution >= 4 is 24.8 Å². The van der Waals surface area contributed by atoms with Crippen molar-refractivity contribution in [2.24, 2.45) is 5.73 Å². The number of halogens is 2. The van der Waals surface area contributed by atoms with Gasteiger partial charge in [0.25, 0.3) is 0 Å². The van der Waals surface area contributed by atoms with Crippen molar-refractivity contribution in [3.63, 3.8) is 0 Å². The van der Waals surface area contributed by atoms with E-state index in [2.05, 4.69) is 4.98 Å². The van der Waals surface area contributed by atoms with E-state index in [1.54, 1.807) is 6.92 Å². The number of aliphatic hydroxyl groups excluding tert-OH is 1. The molecule has 0 saturated carbocycles. The first-order chi connectivity index (χ1) is 5.70. The van der Waals surface area contributed by atoms with Gasteiger partial charge in [-0.1, -0.05) is 0 Å². The highest BCUT2D eigenvalue weighted by molar-refractivity contribution is 5.85. The number of nitrogens with zero attached hydrogens (tertiary/aromatic N) is 1. The Bertz CT molecular complexity index is 297. The lowest BCUT2D eigenvalue weighted by molar-refractivity contribution is 0.279. The largest absolute Gasteiger partial charge is 0.506 e. The Balaban J connectivity index is -0.000000480. The number of aliphatic hydroxyl groups is 1. The van der Waals surface area contributed by atoms with E-state index in [0.717, 1.165) is 0 Å². The standard InChI is InChI=1S/C8H12N2O2.2ClH.H2O/c1-5-8(12)7(2-9)6(4-11)3-10-5;;;/h3,11-12H,2,4,9H2,1H3;2*1H;1H2. The van der Waals surface area contributed by atoms with E-state index in [1.165, 1.54) is 6.20 Å². The van der Waals surface area contributed by atoms with Gasteiger partial charge in [0.1, 0.15) is 5.75 Å². The van der Waals surface area contributed by atoms with Gasteiger partial charge in [0.15, 0.2) is 0 Å². The number of hydrogen-bond donors (Lipinski definition) is 3. The molecule has 0 spiro atoms. The highest BCUT2D eigenvalue weighted by Crippen LogP contribution is 2.22. The van der Waals surface area contributed by atoms with Crippen molar-refractivity contribution in [2.75, 3.05) is 0 Å². The molecule has 1 aromatic rings. The molecule has 0 amide bonds. The minimum Gasteiger partial charge on any atom is -0.506 e. The molecule has 1 rings (SSSR count). The Morgan fingerprint density at radius 3 is 2.33 bits per heavy atom. The molecule has 0 aliphatic heterocycles. The summed E-state index contributed by atoms with van der Waals surface area (Å²) in [5.41, 5.74) is 7.09. The van der Waals surface area contributed by atoms with Crippen molar-refractivity contribution in [2.45, 2.75) is 20.1 Å². The molecule has 7 heteroatoms. The number of hydrogen-bond acceptors (Lipinski definition) is 4. The fraction of sp³-hybridized carbons (Fsp3) is 0.375. The molecular formula is C8H16Cl2N2O3. The van der Waals surface area contributed by atoms with Crippen LogP contribution < -0.4 is 5.73 Å². The van der Waals surface area contributed by atoms with Crippen LogP contribution in [0.4, 0.5) is 0 Å². The van der Waals surface area contributed by atoms with Gasteiger partial charge in [-0.3, -0.25) is 4.98 Å². The molecule has 0 aliphatic carbocycles. The molecule has 0 unspecified atom stereocenters. The van der Waals surface area contributed by atoms with Gasteiger partial charge in [-0.2, -0.15) is 0 Å². The maximum Gasteiger partial charge on any atom is 0.141 e. The van der Waals surface area contributed by atoms with Gasteiger partial charge in [-0.05, 0) is 6.92 Å². The quantitative estimate of drug-likeness (QED) is 0.697. The number of rotatable bonds is 2. The summed E-state index contributed by atoms with van der Waals surface area (Å²) in [6, 6.07) is 0. The number of nitrogens with two attached hydrogens (primary N) is 1. The summed E-state index contributed by atoms with van der Waals surface area (Å²) in [6.07, 6.45) is 1.53. The van der Waals surface area contributed by atoms with Crippen LogP contribution in [0.1, 0.15) is 16.8 Å². The van der Waals surface area contributed by atoms with Crippen LogP contribution in [-0.4, -0.2) is 20.7 Å². The third kappa shape index (κ3) is 4.19. The zero-order chi connectivity index (χ0) is 9.14. The minimum atomic E-state index is -0.145. The molecule has 0 radical (unpaired) electrons. The van der Waals surface area contributed by atoms with E-state index in [9.17, 15) is 5.11 Å². The first-order valence-corrected chi connectivity index (χ1v) is 3.68. The van der Waals surface area contributed by atoms with Crippen LogP contribution in [-0.2, 0) is 13.2 Å². The second kappa shape index (κ2) is 8.70. The molecule has 0 fully saturated rings. The predicted molar refractivity (Wildman–Crippen MR) is 62.6 cm³/mol. The molecule has 6 N–H and O–H groups in total. The molecule has 5 nitrogen and oxygen atoms in total. The Hall–Kier alpha value is -0.590. The molecule has 1 heterocycles. The fourth-order valence-electron chi connectivity index (χ4n) is 1.05. The zero-order valence-corrected chi connectivity index (χ0v) is 9.86. The molecule has 0 atom stereocenters. The van der Waals surface area contributed by atoms with Crippen LogP contribution in [0.15, 0.2) is 6.20 Å². The first kappa shape index (κ1) is 19.9. The maximum atomic E-state index is 9.46. The highest BCUT2D eigenvalue weighted by Gasteiger charge is 2.08. The monoisotopic (exact) mass is 258 g/mol. The van der Waals surface area contributed by atoms with Gasteiger partial charge in [-0.25, -0.2) is 0 Å². The second-order valence-corrected chi connectivity index (χ2v) is 2.56. The van der Waals surface area contributed by atoms with Crippen molar-refractivity contribution in [3.8, 4) is 5.75 Å². The normalized spacial score (nSPS) is 8.20. The lowest BCUT2D eigenvalue weighted by atomic mass is 10.1. The number of aromatic nitrogens is 1. The van der Waals surface area contributed by atoms with Gasteiger partial charge >= 0.3 is 0 Å². The summed E-state index contributed by atoms with van der Waals surface area (Å²) in [5.74, 6) is 0.0871. The smallest absolute Gasteiger partial charge is 0.141 e. The first-order valence-electron chi connectivity index (χ1n) is 3.68. The topological polar surface area (TPSA) is 111 Å². The van der Waals surface area contributed by atoms with Gasteiger partial charge in [0.05, 0.1) is 12.3 Å². The van der Waals surface area contributed by atoms with Crippen molar-refractivity contribution in [1.82, 2.24) is 4.98 Å². The van der Waals surface area contributed by atoms with Gasteiger partial charge in [0.2, 0.25) is 0 Å².